The Labute approximate surface area is 258 Å². The molecule has 0 saturated heterocycles. The monoisotopic (exact) mass is 603 g/mol. The van der Waals surface area contributed by atoms with E-state index in [0.717, 1.165) is 44.1 Å². The highest BCUT2D eigenvalue weighted by atomic mass is 32.2. The molecule has 6 aromatic rings. The molecule has 4 aromatic carbocycles. The van der Waals surface area contributed by atoms with E-state index in [-0.39, 0.29) is 11.9 Å². The summed E-state index contributed by atoms with van der Waals surface area (Å²) in [6.07, 6.45) is 0.689. The number of amides is 1. The van der Waals surface area contributed by atoms with E-state index in [0.29, 0.717) is 17.9 Å². The van der Waals surface area contributed by atoms with E-state index in [4.69, 9.17) is 4.74 Å². The normalized spacial score (nSPS) is 11.7. The molecule has 7 nitrogen and oxygen atoms in total. The summed E-state index contributed by atoms with van der Waals surface area (Å²) in [5, 5.41) is 15.7. The third-order valence-electron chi connectivity index (χ3n) is 6.87. The summed E-state index contributed by atoms with van der Waals surface area (Å²) in [5.74, 6) is 1.83. The lowest BCUT2D eigenvalue weighted by atomic mass is 9.99. The lowest BCUT2D eigenvalue weighted by Gasteiger charge is -2.19. The van der Waals surface area contributed by atoms with E-state index >= 15 is 0 Å². The molecule has 0 radical (unpaired) electrons. The van der Waals surface area contributed by atoms with Gasteiger partial charge in [-0.05, 0) is 41.8 Å². The molecule has 0 fully saturated rings. The van der Waals surface area contributed by atoms with Crippen molar-refractivity contribution in [3.63, 3.8) is 0 Å². The van der Waals surface area contributed by atoms with Gasteiger partial charge in [-0.1, -0.05) is 103 Å². The Morgan fingerprint density at radius 1 is 0.907 bits per heavy atom. The molecule has 0 bridgehead atoms. The molecule has 1 N–H and O–H groups in total. The standard InChI is InChI=1S/C34H29N5O2S2/c1-41-28-19-11-16-26(21-28)32-37-38-34(39(32)27-17-9-4-10-18-27)43-23-31-35-30(22-42-31)33(40)36-29(25-14-7-3-8-15-25)20-24-12-5-2-6-13-24/h2-19,21-22,29H,20,23H2,1H3,(H,36,40). The van der Waals surface area contributed by atoms with Gasteiger partial charge in [-0.3, -0.25) is 9.36 Å². The van der Waals surface area contributed by atoms with Crippen molar-refractivity contribution in [2.45, 2.75) is 23.4 Å². The Morgan fingerprint density at radius 2 is 1.63 bits per heavy atom. The van der Waals surface area contributed by atoms with Gasteiger partial charge in [-0.2, -0.15) is 0 Å². The second-order valence-corrected chi connectivity index (χ2v) is 11.6. The quantitative estimate of drug-likeness (QED) is 0.155. The lowest BCUT2D eigenvalue weighted by molar-refractivity contribution is 0.0932. The highest BCUT2D eigenvalue weighted by Crippen LogP contribution is 2.31. The Bertz CT molecular complexity index is 1790. The predicted octanol–water partition coefficient (Wildman–Crippen LogP) is 7.41. The minimum atomic E-state index is -0.190. The van der Waals surface area contributed by atoms with E-state index in [1.807, 2.05) is 113 Å². The van der Waals surface area contributed by atoms with Crippen LogP contribution in [-0.4, -0.2) is 32.8 Å². The molecule has 0 aliphatic rings. The van der Waals surface area contributed by atoms with Crippen LogP contribution in [0.1, 0.15) is 32.7 Å². The number of ether oxygens (including phenoxy) is 1. The molecule has 0 aliphatic heterocycles. The fourth-order valence-electron chi connectivity index (χ4n) is 4.75. The molecule has 43 heavy (non-hydrogen) atoms. The number of thioether (sulfide) groups is 1. The van der Waals surface area contributed by atoms with E-state index in [9.17, 15) is 4.79 Å². The molecule has 1 atom stereocenters. The minimum Gasteiger partial charge on any atom is -0.497 e. The van der Waals surface area contributed by atoms with Crippen molar-refractivity contribution in [2.75, 3.05) is 7.11 Å². The molecule has 214 valence electrons. The number of nitrogens with one attached hydrogen (secondary N) is 1. The van der Waals surface area contributed by atoms with Gasteiger partial charge in [0.05, 0.1) is 18.9 Å². The van der Waals surface area contributed by atoms with Crippen molar-refractivity contribution >= 4 is 29.0 Å². The maximum atomic E-state index is 13.3. The minimum absolute atomic E-state index is 0.171. The van der Waals surface area contributed by atoms with Crippen LogP contribution < -0.4 is 10.1 Å². The summed E-state index contributed by atoms with van der Waals surface area (Å²) in [6, 6.07) is 37.9. The van der Waals surface area contributed by atoms with Gasteiger partial charge in [0.1, 0.15) is 16.5 Å². The Morgan fingerprint density at radius 3 is 2.37 bits per heavy atom. The van der Waals surface area contributed by atoms with Crippen molar-refractivity contribution in [1.82, 2.24) is 25.1 Å². The molecule has 9 heteroatoms. The summed E-state index contributed by atoms with van der Waals surface area (Å²) in [7, 11) is 1.65. The van der Waals surface area contributed by atoms with Crippen LogP contribution in [0, 0.1) is 0 Å². The summed E-state index contributed by atoms with van der Waals surface area (Å²) < 4.78 is 7.47. The van der Waals surface area contributed by atoms with Crippen molar-refractivity contribution in [3.8, 4) is 22.8 Å². The molecular formula is C34H29N5O2S2. The second kappa shape index (κ2) is 13.5. The largest absolute Gasteiger partial charge is 0.497 e. The van der Waals surface area contributed by atoms with E-state index in [2.05, 4.69) is 32.6 Å². The Hall–Kier alpha value is -4.73. The first kappa shape index (κ1) is 28.4. The molecule has 1 amide bonds. The summed E-state index contributed by atoms with van der Waals surface area (Å²) in [4.78, 5) is 18.0. The number of rotatable bonds is 11. The fourth-order valence-corrected chi connectivity index (χ4v) is 6.49. The van der Waals surface area contributed by atoms with Crippen molar-refractivity contribution < 1.29 is 9.53 Å². The summed E-state index contributed by atoms with van der Waals surface area (Å²) in [5.41, 5.74) is 4.48. The van der Waals surface area contributed by atoms with E-state index in [1.54, 1.807) is 7.11 Å². The number of hydrogen-bond acceptors (Lipinski definition) is 7. The van der Waals surface area contributed by atoms with Crippen LogP contribution in [0.15, 0.2) is 126 Å². The maximum absolute atomic E-state index is 13.3. The number of hydrogen-bond donors (Lipinski definition) is 1. The molecular weight excluding hydrogens is 575 g/mol. The zero-order valence-corrected chi connectivity index (χ0v) is 25.1. The third kappa shape index (κ3) is 6.85. The van der Waals surface area contributed by atoms with Crippen molar-refractivity contribution in [2.24, 2.45) is 0 Å². The zero-order chi connectivity index (χ0) is 29.4. The van der Waals surface area contributed by atoms with Crippen LogP contribution in [0.5, 0.6) is 5.75 Å². The highest BCUT2D eigenvalue weighted by molar-refractivity contribution is 7.98. The third-order valence-corrected chi connectivity index (χ3v) is 8.85. The number of para-hydroxylation sites is 1. The first-order valence-corrected chi connectivity index (χ1v) is 15.7. The van der Waals surface area contributed by atoms with Crippen LogP contribution in [-0.2, 0) is 12.2 Å². The molecule has 1 unspecified atom stereocenters. The first-order valence-electron chi connectivity index (χ1n) is 13.8. The molecule has 2 heterocycles. The smallest absolute Gasteiger partial charge is 0.271 e. The van der Waals surface area contributed by atoms with Crippen LogP contribution in [0.25, 0.3) is 17.1 Å². The first-order chi connectivity index (χ1) is 21.2. The van der Waals surface area contributed by atoms with E-state index in [1.165, 1.54) is 23.1 Å². The average Bonchev–Trinajstić information content (AvgIpc) is 3.72. The summed E-state index contributed by atoms with van der Waals surface area (Å²) in [6.45, 7) is 0. The van der Waals surface area contributed by atoms with Gasteiger partial charge < -0.3 is 10.1 Å². The van der Waals surface area contributed by atoms with Gasteiger partial charge in [0, 0.05) is 16.6 Å². The van der Waals surface area contributed by atoms with Crippen LogP contribution in [0.4, 0.5) is 0 Å². The van der Waals surface area contributed by atoms with Gasteiger partial charge in [0.15, 0.2) is 11.0 Å². The number of methoxy groups -OCH3 is 1. The van der Waals surface area contributed by atoms with Crippen LogP contribution in [0.2, 0.25) is 0 Å². The van der Waals surface area contributed by atoms with Crippen LogP contribution in [0.3, 0.4) is 0 Å². The number of benzene rings is 4. The van der Waals surface area contributed by atoms with Gasteiger partial charge in [-0.15, -0.1) is 21.5 Å². The topological polar surface area (TPSA) is 81.9 Å². The molecule has 0 spiro atoms. The molecule has 2 aromatic heterocycles. The molecule has 0 saturated carbocycles. The van der Waals surface area contributed by atoms with Crippen LogP contribution >= 0.6 is 23.1 Å². The molecule has 0 aliphatic carbocycles. The number of carbonyl (C=O) groups is 1. The Kier molecular flexibility index (Phi) is 8.91. The van der Waals surface area contributed by atoms with E-state index < -0.39 is 0 Å². The maximum Gasteiger partial charge on any atom is 0.271 e. The fraction of sp³-hybridized carbons (Fsp3) is 0.118. The molecule has 6 rings (SSSR count). The number of aromatic nitrogens is 4. The Balaban J connectivity index is 1.19. The number of carbonyl (C=O) groups excluding carboxylic acids is 1. The average molecular weight is 604 g/mol. The SMILES string of the molecule is COc1cccc(-c2nnc(SCc3nc(C(=O)NC(Cc4ccccc4)c4ccccc4)cs3)n2-c2ccccc2)c1. The van der Waals surface area contributed by atoms with Gasteiger partial charge in [0.25, 0.3) is 5.91 Å². The summed E-state index contributed by atoms with van der Waals surface area (Å²) >= 11 is 3.00. The van der Waals surface area contributed by atoms with Crippen molar-refractivity contribution in [3.05, 3.63) is 142 Å². The zero-order valence-electron chi connectivity index (χ0n) is 23.5. The lowest BCUT2D eigenvalue weighted by Crippen LogP contribution is -2.30. The second-order valence-electron chi connectivity index (χ2n) is 9.75. The van der Waals surface area contributed by atoms with Gasteiger partial charge in [0.2, 0.25) is 0 Å². The van der Waals surface area contributed by atoms with Crippen molar-refractivity contribution in [1.29, 1.82) is 0 Å². The van der Waals surface area contributed by atoms with Gasteiger partial charge in [-0.25, -0.2) is 4.98 Å². The highest BCUT2D eigenvalue weighted by Gasteiger charge is 2.20. The number of thiazole rings is 1. The van der Waals surface area contributed by atoms with Gasteiger partial charge >= 0.3 is 0 Å². The number of nitrogens with zero attached hydrogens (tertiary/aromatic N) is 4. The predicted molar refractivity (Wildman–Crippen MR) is 172 cm³/mol.